The SMILES string of the molecule is CCOCCOCC(COCCOCCOC1COC(c2ccccc2)OC1)(COCCOCCOC1COC(c2ccccc2)OC1)COCCOCCOC1COC(c2ccccc2)OC1. The highest BCUT2D eigenvalue weighted by Crippen LogP contribution is 2.26. The molecule has 0 aliphatic carbocycles. The zero-order valence-electron chi connectivity index (χ0n) is 39.7. The van der Waals surface area contributed by atoms with Crippen molar-refractivity contribution in [2.24, 2.45) is 5.41 Å². The quantitative estimate of drug-likeness (QED) is 0.0671. The van der Waals surface area contributed by atoms with Crippen molar-refractivity contribution >= 4 is 0 Å². The van der Waals surface area contributed by atoms with Gasteiger partial charge in [0.2, 0.25) is 0 Å². The monoisotopic (exact) mass is 958 g/mol. The molecule has 3 fully saturated rings. The summed E-state index contributed by atoms with van der Waals surface area (Å²) >= 11 is 0. The van der Waals surface area contributed by atoms with Gasteiger partial charge in [-0.05, 0) is 6.92 Å². The van der Waals surface area contributed by atoms with Crippen LogP contribution in [-0.4, -0.2) is 183 Å². The summed E-state index contributed by atoms with van der Waals surface area (Å²) in [6.45, 7) is 12.1. The van der Waals surface area contributed by atoms with Gasteiger partial charge in [-0.25, -0.2) is 0 Å². The molecule has 3 aromatic carbocycles. The van der Waals surface area contributed by atoms with Gasteiger partial charge in [0.05, 0.1) is 164 Å². The summed E-state index contributed by atoms with van der Waals surface area (Å²) in [6.07, 6.45) is -1.59. The average molecular weight is 959 g/mol. The molecule has 0 saturated carbocycles. The van der Waals surface area contributed by atoms with Gasteiger partial charge in [0.15, 0.2) is 18.9 Å². The lowest BCUT2D eigenvalue weighted by Crippen LogP contribution is -2.43. The highest BCUT2D eigenvalue weighted by molar-refractivity contribution is 5.17. The third-order valence-electron chi connectivity index (χ3n) is 10.9. The van der Waals surface area contributed by atoms with Gasteiger partial charge < -0.3 is 80.5 Å². The molecular weight excluding hydrogens is 885 g/mol. The Labute approximate surface area is 402 Å². The van der Waals surface area contributed by atoms with Crippen molar-refractivity contribution in [1.29, 1.82) is 0 Å². The maximum Gasteiger partial charge on any atom is 0.184 e. The van der Waals surface area contributed by atoms with Crippen LogP contribution in [0.3, 0.4) is 0 Å². The number of hydrogen-bond donors (Lipinski definition) is 0. The molecule has 0 atom stereocenters. The molecule has 0 unspecified atom stereocenters. The summed E-state index contributed by atoms with van der Waals surface area (Å²) in [5, 5.41) is 0. The van der Waals surface area contributed by atoms with Crippen LogP contribution < -0.4 is 0 Å². The molecule has 68 heavy (non-hydrogen) atoms. The van der Waals surface area contributed by atoms with E-state index in [0.717, 1.165) is 16.7 Å². The molecule has 3 aromatic rings. The van der Waals surface area contributed by atoms with Gasteiger partial charge in [-0.1, -0.05) is 91.0 Å². The van der Waals surface area contributed by atoms with Crippen LogP contribution in [-0.2, 0) is 80.5 Å². The average Bonchev–Trinajstić information content (AvgIpc) is 3.40. The standard InChI is InChI=1S/C51H74O17/c1-2-52-18-22-56-38-51(39-57-23-19-53-26-29-60-45-32-63-48(64-33-45)42-12-6-3-7-13-42,40-58-24-20-54-27-30-61-46-34-65-49(66-35-46)43-14-8-4-9-15-43)41-59-25-21-55-28-31-62-47-36-67-50(68-37-47)44-16-10-5-11-17-44/h3-17,45-50H,2,18-41H2,1H3. The number of benzene rings is 3. The zero-order valence-corrected chi connectivity index (χ0v) is 39.7. The minimum Gasteiger partial charge on any atom is -0.379 e. The van der Waals surface area contributed by atoms with Gasteiger partial charge in [-0.15, -0.1) is 0 Å². The van der Waals surface area contributed by atoms with Crippen molar-refractivity contribution in [2.75, 3.05) is 165 Å². The van der Waals surface area contributed by atoms with Gasteiger partial charge in [-0.2, -0.15) is 0 Å². The minimum atomic E-state index is -0.642. The summed E-state index contributed by atoms with van der Waals surface area (Å²) in [6, 6.07) is 29.6. The lowest BCUT2D eigenvalue weighted by Gasteiger charge is -2.33. The van der Waals surface area contributed by atoms with Gasteiger partial charge in [0.25, 0.3) is 0 Å². The van der Waals surface area contributed by atoms with Crippen molar-refractivity contribution in [3.8, 4) is 0 Å². The molecule has 0 spiro atoms. The fraction of sp³-hybridized carbons (Fsp3) is 0.647. The Morgan fingerprint density at radius 2 is 0.588 bits per heavy atom. The van der Waals surface area contributed by atoms with E-state index in [1.165, 1.54) is 0 Å². The van der Waals surface area contributed by atoms with E-state index in [2.05, 4.69) is 0 Å². The first-order valence-electron chi connectivity index (χ1n) is 24.0. The first-order chi connectivity index (χ1) is 33.7. The molecule has 380 valence electrons. The van der Waals surface area contributed by atoms with Crippen molar-refractivity contribution in [2.45, 2.75) is 44.1 Å². The number of rotatable bonds is 36. The van der Waals surface area contributed by atoms with Crippen molar-refractivity contribution in [3.05, 3.63) is 108 Å². The van der Waals surface area contributed by atoms with Gasteiger partial charge in [0.1, 0.15) is 18.3 Å². The van der Waals surface area contributed by atoms with Crippen molar-refractivity contribution in [3.63, 3.8) is 0 Å². The maximum atomic E-state index is 6.21. The Morgan fingerprint density at radius 1 is 0.338 bits per heavy atom. The maximum absolute atomic E-state index is 6.21. The van der Waals surface area contributed by atoms with E-state index in [9.17, 15) is 0 Å². The number of ether oxygens (including phenoxy) is 17. The Morgan fingerprint density at radius 3 is 0.868 bits per heavy atom. The molecule has 17 nitrogen and oxygen atoms in total. The highest BCUT2D eigenvalue weighted by Gasteiger charge is 2.33. The second kappa shape index (κ2) is 33.5. The predicted molar refractivity (Wildman–Crippen MR) is 247 cm³/mol. The first-order valence-corrected chi connectivity index (χ1v) is 24.0. The van der Waals surface area contributed by atoms with Gasteiger partial charge in [-0.3, -0.25) is 0 Å². The van der Waals surface area contributed by atoms with Crippen molar-refractivity contribution < 1.29 is 80.5 Å². The van der Waals surface area contributed by atoms with E-state index in [1.54, 1.807) is 0 Å². The summed E-state index contributed by atoms with van der Waals surface area (Å²) in [5.74, 6) is 0. The molecule has 0 amide bonds. The summed E-state index contributed by atoms with van der Waals surface area (Å²) < 4.78 is 101. The third kappa shape index (κ3) is 21.1. The molecule has 3 saturated heterocycles. The predicted octanol–water partition coefficient (Wildman–Crippen LogP) is 5.52. The van der Waals surface area contributed by atoms with Gasteiger partial charge >= 0.3 is 0 Å². The van der Waals surface area contributed by atoms with E-state index < -0.39 is 5.41 Å². The smallest absolute Gasteiger partial charge is 0.184 e. The Hall–Kier alpha value is -3.02. The lowest BCUT2D eigenvalue weighted by molar-refractivity contribution is -0.232. The van der Waals surface area contributed by atoms with Crippen LogP contribution in [0.2, 0.25) is 0 Å². The molecule has 3 aliphatic rings. The topological polar surface area (TPSA) is 157 Å². The fourth-order valence-corrected chi connectivity index (χ4v) is 7.30. The van der Waals surface area contributed by atoms with E-state index in [-0.39, 0.29) is 37.2 Å². The van der Waals surface area contributed by atoms with Crippen LogP contribution in [0, 0.1) is 5.41 Å². The largest absolute Gasteiger partial charge is 0.379 e. The lowest BCUT2D eigenvalue weighted by atomic mass is 9.92. The van der Waals surface area contributed by atoms with Gasteiger partial charge in [0, 0.05) is 23.3 Å². The van der Waals surface area contributed by atoms with E-state index in [1.807, 2.05) is 97.9 Å². The molecule has 3 heterocycles. The first kappa shape index (κ1) is 54.3. The van der Waals surface area contributed by atoms with Crippen LogP contribution in [0.25, 0.3) is 0 Å². The van der Waals surface area contributed by atoms with E-state index in [0.29, 0.717) is 165 Å². The third-order valence-corrected chi connectivity index (χ3v) is 10.9. The molecule has 3 aliphatic heterocycles. The molecule has 6 rings (SSSR count). The molecule has 0 aromatic heterocycles. The molecule has 0 bridgehead atoms. The zero-order chi connectivity index (χ0) is 47.0. The van der Waals surface area contributed by atoms with Crippen LogP contribution >= 0.6 is 0 Å². The molecule has 0 N–H and O–H groups in total. The number of hydrogen-bond acceptors (Lipinski definition) is 17. The molecular formula is C51H74O17. The highest BCUT2D eigenvalue weighted by atomic mass is 16.7. The Balaban J connectivity index is 0.873. The Kier molecular flexibility index (Phi) is 26.8. The van der Waals surface area contributed by atoms with Crippen LogP contribution in [0.15, 0.2) is 91.0 Å². The second-order valence-electron chi connectivity index (χ2n) is 16.5. The normalized spacial score (nSPS) is 23.1. The molecule has 17 heteroatoms. The summed E-state index contributed by atoms with van der Waals surface area (Å²) in [7, 11) is 0. The van der Waals surface area contributed by atoms with E-state index in [4.69, 9.17) is 80.5 Å². The van der Waals surface area contributed by atoms with Crippen LogP contribution in [0.5, 0.6) is 0 Å². The van der Waals surface area contributed by atoms with Crippen LogP contribution in [0.4, 0.5) is 0 Å². The fourth-order valence-electron chi connectivity index (χ4n) is 7.30. The second-order valence-corrected chi connectivity index (χ2v) is 16.5. The summed E-state index contributed by atoms with van der Waals surface area (Å²) in [4.78, 5) is 0. The minimum absolute atomic E-state index is 0.156. The van der Waals surface area contributed by atoms with Crippen molar-refractivity contribution in [1.82, 2.24) is 0 Å². The summed E-state index contributed by atoms with van der Waals surface area (Å²) in [5.41, 5.74) is 2.33. The molecule has 0 radical (unpaired) electrons. The Bertz CT molecular complexity index is 1460. The van der Waals surface area contributed by atoms with Crippen LogP contribution in [0.1, 0.15) is 42.5 Å². The van der Waals surface area contributed by atoms with E-state index >= 15 is 0 Å².